The van der Waals surface area contributed by atoms with Crippen molar-refractivity contribution in [3.05, 3.63) is 34.3 Å². The fourth-order valence-corrected chi connectivity index (χ4v) is 2.29. The molecule has 1 aliphatic rings. The zero-order valence-corrected chi connectivity index (χ0v) is 10.9. The van der Waals surface area contributed by atoms with Crippen molar-refractivity contribution in [1.29, 1.82) is 0 Å². The van der Waals surface area contributed by atoms with Gasteiger partial charge in [0.15, 0.2) is 0 Å². The summed E-state index contributed by atoms with van der Waals surface area (Å²) in [6, 6.07) is 9.89. The second-order valence-corrected chi connectivity index (χ2v) is 5.63. The molecule has 1 aromatic carbocycles. The fourth-order valence-electron chi connectivity index (χ4n) is 1.88. The Morgan fingerprint density at radius 2 is 2.07 bits per heavy atom. The van der Waals surface area contributed by atoms with Gasteiger partial charge in [-0.15, -0.1) is 0 Å². The van der Waals surface area contributed by atoms with Gasteiger partial charge in [-0.3, -0.25) is 0 Å². The molecule has 0 radical (unpaired) electrons. The lowest BCUT2D eigenvalue weighted by Crippen LogP contribution is -2.27. The van der Waals surface area contributed by atoms with Gasteiger partial charge >= 0.3 is 0 Å². The average molecular weight is 268 g/mol. The Kier molecular flexibility index (Phi) is 3.47. The van der Waals surface area contributed by atoms with Crippen LogP contribution in [0.15, 0.2) is 28.7 Å². The molecule has 1 unspecified atom stereocenters. The molecule has 0 saturated heterocycles. The van der Waals surface area contributed by atoms with Crippen LogP contribution in [0.3, 0.4) is 0 Å². The summed E-state index contributed by atoms with van der Waals surface area (Å²) >= 11 is 3.53. The van der Waals surface area contributed by atoms with Crippen LogP contribution in [0.2, 0.25) is 0 Å². The summed E-state index contributed by atoms with van der Waals surface area (Å²) < 4.78 is 1.17. The monoisotopic (exact) mass is 267 g/mol. The quantitative estimate of drug-likeness (QED) is 0.873. The summed E-state index contributed by atoms with van der Waals surface area (Å²) in [5.41, 5.74) is 1.39. The highest BCUT2D eigenvalue weighted by molar-refractivity contribution is 9.10. The van der Waals surface area contributed by atoms with Crippen molar-refractivity contribution in [3.8, 4) is 0 Å². The van der Waals surface area contributed by atoms with Gasteiger partial charge in [0.25, 0.3) is 0 Å². The highest BCUT2D eigenvalue weighted by Gasteiger charge is 2.26. The van der Waals surface area contributed by atoms with Gasteiger partial charge in [-0.1, -0.05) is 41.9 Å². The van der Waals surface area contributed by atoms with Crippen LogP contribution in [0, 0.1) is 5.92 Å². The molecule has 1 atom stereocenters. The molecular formula is C13H18BrN. The summed E-state index contributed by atoms with van der Waals surface area (Å²) in [5.74, 6) is 0.639. The van der Waals surface area contributed by atoms with Crippen LogP contribution in [-0.4, -0.2) is 6.04 Å². The first-order valence-corrected chi connectivity index (χ1v) is 6.47. The van der Waals surface area contributed by atoms with E-state index in [1.165, 1.54) is 22.9 Å². The third kappa shape index (κ3) is 3.05. The topological polar surface area (TPSA) is 12.0 Å². The molecule has 1 fully saturated rings. The van der Waals surface area contributed by atoms with Crippen LogP contribution >= 0.6 is 15.9 Å². The minimum Gasteiger partial charge on any atom is -0.307 e. The Morgan fingerprint density at radius 1 is 1.33 bits per heavy atom. The number of hydrogen-bond donors (Lipinski definition) is 1. The third-order valence-corrected chi connectivity index (χ3v) is 3.36. The number of hydrogen-bond acceptors (Lipinski definition) is 1. The molecule has 0 aliphatic heterocycles. The van der Waals surface area contributed by atoms with Crippen LogP contribution in [0.5, 0.6) is 0 Å². The Balaban J connectivity index is 2.15. The predicted molar refractivity (Wildman–Crippen MR) is 67.9 cm³/mol. The van der Waals surface area contributed by atoms with E-state index in [0.717, 1.165) is 6.04 Å². The summed E-state index contributed by atoms with van der Waals surface area (Å²) in [6.45, 7) is 4.56. The van der Waals surface area contributed by atoms with Crippen molar-refractivity contribution in [2.24, 2.45) is 5.92 Å². The highest BCUT2D eigenvalue weighted by Crippen LogP contribution is 2.29. The van der Waals surface area contributed by atoms with Crippen molar-refractivity contribution in [1.82, 2.24) is 5.32 Å². The first-order chi connectivity index (χ1) is 7.16. The smallest absolute Gasteiger partial charge is 0.0346 e. The van der Waals surface area contributed by atoms with E-state index in [-0.39, 0.29) is 0 Å². The van der Waals surface area contributed by atoms with Crippen LogP contribution in [-0.2, 0) is 0 Å². The van der Waals surface area contributed by atoms with Gasteiger partial charge in [0.2, 0.25) is 0 Å². The molecule has 0 spiro atoms. The van der Waals surface area contributed by atoms with E-state index in [1.807, 2.05) is 0 Å². The third-order valence-electron chi connectivity index (χ3n) is 2.87. The normalized spacial score (nSPS) is 18.1. The maximum absolute atomic E-state index is 3.71. The summed E-state index contributed by atoms with van der Waals surface area (Å²) in [6.07, 6.45) is 2.69. The van der Waals surface area contributed by atoms with E-state index in [1.54, 1.807) is 0 Å². The van der Waals surface area contributed by atoms with Gasteiger partial charge in [0.1, 0.15) is 0 Å². The van der Waals surface area contributed by atoms with E-state index in [2.05, 4.69) is 59.4 Å². The maximum Gasteiger partial charge on any atom is 0.0346 e. The molecule has 1 aromatic rings. The predicted octanol–water partition coefficient (Wildman–Crippen LogP) is 3.90. The van der Waals surface area contributed by atoms with Gasteiger partial charge in [-0.05, 0) is 36.5 Å². The van der Waals surface area contributed by atoms with E-state index in [0.29, 0.717) is 12.0 Å². The van der Waals surface area contributed by atoms with Gasteiger partial charge in [-0.2, -0.15) is 0 Å². The highest BCUT2D eigenvalue weighted by atomic mass is 79.9. The molecule has 0 bridgehead atoms. The fraction of sp³-hybridized carbons (Fsp3) is 0.538. The van der Waals surface area contributed by atoms with Gasteiger partial charge in [-0.25, -0.2) is 0 Å². The number of benzene rings is 1. The summed E-state index contributed by atoms with van der Waals surface area (Å²) in [7, 11) is 0. The molecule has 0 amide bonds. The molecular weight excluding hydrogens is 250 g/mol. The van der Waals surface area contributed by atoms with Crippen molar-refractivity contribution < 1.29 is 0 Å². The van der Waals surface area contributed by atoms with Gasteiger partial charge in [0.05, 0.1) is 0 Å². The van der Waals surface area contributed by atoms with E-state index in [9.17, 15) is 0 Å². The van der Waals surface area contributed by atoms with Gasteiger partial charge < -0.3 is 5.32 Å². The molecule has 82 valence electrons. The molecule has 2 heteroatoms. The number of rotatable bonds is 4. The lowest BCUT2D eigenvalue weighted by molar-refractivity contribution is 0.409. The molecule has 1 aliphatic carbocycles. The molecule has 1 N–H and O–H groups in total. The Labute approximate surface area is 100 Å². The van der Waals surface area contributed by atoms with E-state index >= 15 is 0 Å². The molecule has 1 nitrogen and oxygen atoms in total. The van der Waals surface area contributed by atoms with Crippen molar-refractivity contribution in [2.45, 2.75) is 38.8 Å². The first-order valence-electron chi connectivity index (χ1n) is 5.68. The average Bonchev–Trinajstić information content (AvgIpc) is 2.97. The minimum absolute atomic E-state index is 0.495. The molecule has 0 heterocycles. The summed E-state index contributed by atoms with van der Waals surface area (Å²) in [5, 5.41) is 3.71. The zero-order chi connectivity index (χ0) is 10.8. The molecule has 15 heavy (non-hydrogen) atoms. The standard InChI is InChI=1S/C13H18BrN/c1-9(2)13(15-12-6-7-12)10-4-3-5-11(14)8-10/h3-5,8-9,12-13,15H,6-7H2,1-2H3. The van der Waals surface area contributed by atoms with Crippen LogP contribution in [0.4, 0.5) is 0 Å². The molecule has 0 aromatic heterocycles. The lowest BCUT2D eigenvalue weighted by atomic mass is 9.96. The largest absolute Gasteiger partial charge is 0.307 e. The maximum atomic E-state index is 3.71. The van der Waals surface area contributed by atoms with Crippen LogP contribution in [0.25, 0.3) is 0 Å². The van der Waals surface area contributed by atoms with Crippen molar-refractivity contribution in [2.75, 3.05) is 0 Å². The molecule has 1 saturated carbocycles. The van der Waals surface area contributed by atoms with Crippen molar-refractivity contribution >= 4 is 15.9 Å². The van der Waals surface area contributed by atoms with E-state index in [4.69, 9.17) is 0 Å². The second kappa shape index (κ2) is 4.67. The van der Waals surface area contributed by atoms with Crippen molar-refractivity contribution in [3.63, 3.8) is 0 Å². The van der Waals surface area contributed by atoms with Crippen LogP contribution < -0.4 is 5.32 Å². The lowest BCUT2D eigenvalue weighted by Gasteiger charge is -2.23. The summed E-state index contributed by atoms with van der Waals surface area (Å²) in [4.78, 5) is 0. The molecule has 2 rings (SSSR count). The Morgan fingerprint density at radius 3 is 2.60 bits per heavy atom. The Bertz CT molecular complexity index is 331. The minimum atomic E-state index is 0.495. The first kappa shape index (κ1) is 11.2. The Hall–Kier alpha value is -0.340. The number of halogens is 1. The second-order valence-electron chi connectivity index (χ2n) is 4.72. The van der Waals surface area contributed by atoms with Gasteiger partial charge in [0, 0.05) is 16.6 Å². The SMILES string of the molecule is CC(C)C(NC1CC1)c1cccc(Br)c1. The van der Waals surface area contributed by atoms with E-state index < -0.39 is 0 Å². The zero-order valence-electron chi connectivity index (χ0n) is 9.33. The van der Waals surface area contributed by atoms with Crippen LogP contribution in [0.1, 0.15) is 38.3 Å². The number of nitrogens with one attached hydrogen (secondary N) is 1.